The van der Waals surface area contributed by atoms with E-state index in [1.807, 2.05) is 26.2 Å². The van der Waals surface area contributed by atoms with E-state index in [2.05, 4.69) is 47.6 Å². The number of hydrogen-bond donors (Lipinski definition) is 2. The Labute approximate surface area is 117 Å². The third-order valence-electron chi connectivity index (χ3n) is 2.46. The van der Waals surface area contributed by atoms with Crippen molar-refractivity contribution in [1.82, 2.24) is 10.2 Å². The fourth-order valence-electron chi connectivity index (χ4n) is 1.69. The van der Waals surface area contributed by atoms with Crippen LogP contribution in [0.5, 0.6) is 0 Å². The molecular weight excluding hydrogens is 234 g/mol. The summed E-state index contributed by atoms with van der Waals surface area (Å²) < 4.78 is 0. The van der Waals surface area contributed by atoms with Crippen LogP contribution in [0, 0.1) is 0 Å². The van der Waals surface area contributed by atoms with Crippen molar-refractivity contribution >= 4 is 0 Å². The Morgan fingerprint density at radius 3 is 2.53 bits per heavy atom. The van der Waals surface area contributed by atoms with Gasteiger partial charge in [-0.15, -0.1) is 13.2 Å². The number of nitrogens with one attached hydrogen (secondary N) is 1. The van der Waals surface area contributed by atoms with Crippen molar-refractivity contribution in [1.29, 1.82) is 0 Å². The highest BCUT2D eigenvalue weighted by atomic mass is 15.1. The van der Waals surface area contributed by atoms with Gasteiger partial charge < -0.3 is 16.0 Å². The minimum absolute atomic E-state index is 0.852. The third-order valence-corrected chi connectivity index (χ3v) is 2.46. The lowest BCUT2D eigenvalue weighted by Gasteiger charge is -2.14. The van der Waals surface area contributed by atoms with Crippen molar-refractivity contribution < 1.29 is 0 Å². The van der Waals surface area contributed by atoms with E-state index >= 15 is 0 Å². The van der Waals surface area contributed by atoms with Crippen LogP contribution < -0.4 is 11.1 Å². The topological polar surface area (TPSA) is 41.3 Å². The van der Waals surface area contributed by atoms with E-state index < -0.39 is 0 Å². The number of allylic oxidation sites excluding steroid dienone is 1. The summed E-state index contributed by atoms with van der Waals surface area (Å²) in [6, 6.07) is 10.5. The van der Waals surface area contributed by atoms with E-state index in [0.717, 1.165) is 31.8 Å². The summed E-state index contributed by atoms with van der Waals surface area (Å²) in [7, 11) is 2.05. The highest BCUT2D eigenvalue weighted by molar-refractivity contribution is 5.14. The second-order valence-electron chi connectivity index (χ2n) is 4.37. The molecule has 3 heteroatoms. The Hall–Kier alpha value is -1.74. The molecule has 0 aliphatic heterocycles. The van der Waals surface area contributed by atoms with Crippen LogP contribution in [0.3, 0.4) is 0 Å². The molecule has 0 aromatic heterocycles. The van der Waals surface area contributed by atoms with Gasteiger partial charge in [-0.25, -0.2) is 0 Å². The van der Waals surface area contributed by atoms with Crippen LogP contribution in [0.2, 0.25) is 0 Å². The van der Waals surface area contributed by atoms with Crippen LogP contribution in [-0.2, 0) is 6.54 Å². The second kappa shape index (κ2) is 11.4. The van der Waals surface area contributed by atoms with Gasteiger partial charge in [0.15, 0.2) is 0 Å². The smallest absolute Gasteiger partial charge is 0.0210 e. The lowest BCUT2D eigenvalue weighted by molar-refractivity contribution is 0.432. The van der Waals surface area contributed by atoms with Gasteiger partial charge in [-0.1, -0.05) is 30.3 Å². The van der Waals surface area contributed by atoms with Crippen molar-refractivity contribution in [3.8, 4) is 0 Å². The summed E-state index contributed by atoms with van der Waals surface area (Å²) in [5, 5.41) is 3.43. The molecule has 0 atom stereocenters. The molecular formula is C16H27N3. The predicted molar refractivity (Wildman–Crippen MR) is 84.6 cm³/mol. The molecule has 0 aliphatic rings. The lowest BCUT2D eigenvalue weighted by Crippen LogP contribution is -2.21. The summed E-state index contributed by atoms with van der Waals surface area (Å²) >= 11 is 0. The van der Waals surface area contributed by atoms with Crippen LogP contribution in [-0.4, -0.2) is 25.0 Å². The Balaban J connectivity index is 0.00000154. The van der Waals surface area contributed by atoms with Crippen LogP contribution in [0.25, 0.3) is 0 Å². The first-order chi connectivity index (χ1) is 9.18. The first-order valence-corrected chi connectivity index (χ1v) is 6.57. The molecule has 1 aromatic rings. The molecule has 3 N–H and O–H groups in total. The summed E-state index contributed by atoms with van der Waals surface area (Å²) in [6.07, 6.45) is 3.09. The fourth-order valence-corrected chi connectivity index (χ4v) is 1.69. The molecule has 1 rings (SSSR count). The monoisotopic (exact) mass is 261 g/mol. The van der Waals surface area contributed by atoms with Gasteiger partial charge in [-0.05, 0) is 25.5 Å². The molecule has 3 nitrogen and oxygen atoms in total. The average Bonchev–Trinajstić information content (AvgIpc) is 2.41. The third kappa shape index (κ3) is 9.92. The van der Waals surface area contributed by atoms with Gasteiger partial charge >= 0.3 is 0 Å². The van der Waals surface area contributed by atoms with E-state index in [1.54, 1.807) is 0 Å². The van der Waals surface area contributed by atoms with Crippen molar-refractivity contribution in [3.63, 3.8) is 0 Å². The number of rotatable bonds is 7. The normalized spacial score (nSPS) is 10.5. The van der Waals surface area contributed by atoms with Crippen molar-refractivity contribution in [2.24, 2.45) is 5.73 Å². The molecule has 0 amide bonds. The molecule has 0 fully saturated rings. The van der Waals surface area contributed by atoms with Crippen LogP contribution in [0.1, 0.15) is 18.9 Å². The largest absolute Gasteiger partial charge is 0.401 e. The van der Waals surface area contributed by atoms with Crippen molar-refractivity contribution in [3.05, 3.63) is 61.0 Å². The zero-order chi connectivity index (χ0) is 14.5. The minimum Gasteiger partial charge on any atom is -0.401 e. The molecule has 19 heavy (non-hydrogen) atoms. The van der Waals surface area contributed by atoms with Gasteiger partial charge in [0, 0.05) is 32.0 Å². The zero-order valence-electron chi connectivity index (χ0n) is 12.2. The maximum absolute atomic E-state index is 5.60. The zero-order valence-corrected chi connectivity index (χ0v) is 12.2. The van der Waals surface area contributed by atoms with Crippen molar-refractivity contribution in [2.45, 2.75) is 19.9 Å². The van der Waals surface area contributed by atoms with E-state index in [4.69, 9.17) is 5.73 Å². The lowest BCUT2D eigenvalue weighted by atomic mass is 10.2. The van der Waals surface area contributed by atoms with E-state index in [0.29, 0.717) is 0 Å². The molecule has 0 saturated heterocycles. The number of nitrogens with zero attached hydrogens (tertiary/aromatic N) is 1. The fraction of sp³-hybridized carbons (Fsp3) is 0.375. The van der Waals surface area contributed by atoms with Gasteiger partial charge in [-0.2, -0.15) is 0 Å². The Morgan fingerprint density at radius 2 is 1.95 bits per heavy atom. The molecule has 0 saturated carbocycles. The van der Waals surface area contributed by atoms with Gasteiger partial charge in [0.1, 0.15) is 0 Å². The molecule has 0 heterocycles. The Bertz CT molecular complexity index is 342. The van der Waals surface area contributed by atoms with E-state index in [1.165, 1.54) is 5.56 Å². The number of nitrogens with two attached hydrogens (primary N) is 1. The number of benzene rings is 1. The molecule has 0 spiro atoms. The Kier molecular flexibility index (Phi) is 10.3. The standard InChI is InChI=1S/C14H23N3.C2H4/c1-13(15)12-17(2)10-6-9-16-11-14-7-4-3-5-8-14;1-2/h3-5,7-8,12,16H,6,9-11,15H2,1-2H3;1-2H2/b13-12-;. The maximum Gasteiger partial charge on any atom is 0.0210 e. The van der Waals surface area contributed by atoms with Crippen LogP contribution in [0.15, 0.2) is 55.4 Å². The molecule has 106 valence electrons. The predicted octanol–water partition coefficient (Wildman–Crippen LogP) is 2.72. The SMILES string of the molecule is C/C(N)=C/N(C)CCCNCc1ccccc1.C=C. The highest BCUT2D eigenvalue weighted by Crippen LogP contribution is 1.97. The minimum atomic E-state index is 0.852. The van der Waals surface area contributed by atoms with E-state index in [9.17, 15) is 0 Å². The number of hydrogen-bond acceptors (Lipinski definition) is 3. The maximum atomic E-state index is 5.60. The molecule has 0 aliphatic carbocycles. The summed E-state index contributed by atoms with van der Waals surface area (Å²) in [6.45, 7) is 10.9. The van der Waals surface area contributed by atoms with Crippen LogP contribution in [0.4, 0.5) is 0 Å². The molecule has 0 radical (unpaired) electrons. The van der Waals surface area contributed by atoms with E-state index in [-0.39, 0.29) is 0 Å². The van der Waals surface area contributed by atoms with Gasteiger partial charge in [0.25, 0.3) is 0 Å². The van der Waals surface area contributed by atoms with Crippen LogP contribution >= 0.6 is 0 Å². The highest BCUT2D eigenvalue weighted by Gasteiger charge is 1.94. The summed E-state index contributed by atoms with van der Waals surface area (Å²) in [5.74, 6) is 0. The quantitative estimate of drug-likeness (QED) is 0.586. The summed E-state index contributed by atoms with van der Waals surface area (Å²) in [5.41, 5.74) is 7.79. The first-order valence-electron chi connectivity index (χ1n) is 6.57. The first kappa shape index (κ1) is 17.3. The summed E-state index contributed by atoms with van der Waals surface area (Å²) in [4.78, 5) is 2.12. The van der Waals surface area contributed by atoms with Gasteiger partial charge in [0.2, 0.25) is 0 Å². The average molecular weight is 261 g/mol. The van der Waals surface area contributed by atoms with Crippen molar-refractivity contribution in [2.75, 3.05) is 20.1 Å². The Morgan fingerprint density at radius 1 is 1.32 bits per heavy atom. The van der Waals surface area contributed by atoms with Gasteiger partial charge in [-0.3, -0.25) is 0 Å². The molecule has 0 bridgehead atoms. The molecule has 1 aromatic carbocycles. The molecule has 0 unspecified atom stereocenters. The second-order valence-corrected chi connectivity index (χ2v) is 4.37. The van der Waals surface area contributed by atoms with Gasteiger partial charge in [0.05, 0.1) is 0 Å².